The molecule has 0 spiro atoms. The van der Waals surface area contributed by atoms with Crippen LogP contribution in [0.25, 0.3) is 0 Å². The Kier molecular flexibility index (Phi) is 4.26. The zero-order chi connectivity index (χ0) is 12.0. The Hall–Kier alpha value is -2.11. The topological polar surface area (TPSA) is 92.9 Å². The molecular formula is C11H9N3OS. The van der Waals surface area contributed by atoms with Gasteiger partial charge in [0, 0.05) is 16.1 Å². The van der Waals surface area contributed by atoms with Crippen molar-refractivity contribution in [1.29, 1.82) is 5.26 Å². The Morgan fingerprint density at radius 1 is 1.50 bits per heavy atom. The Labute approximate surface area is 97.6 Å². The number of anilines is 1. The van der Waals surface area contributed by atoms with E-state index in [4.69, 9.17) is 16.7 Å². The Morgan fingerprint density at radius 3 is 2.88 bits per heavy atom. The number of carbonyl (C=O) groups excluding carboxylic acids is 1. The minimum Gasteiger partial charge on any atom is -0.398 e. The molecule has 0 heterocycles. The number of hydrogen-bond acceptors (Lipinski definition) is 4. The molecule has 0 unspecified atom stereocenters. The number of benzene rings is 1. The second kappa shape index (κ2) is 5.69. The van der Waals surface area contributed by atoms with Crippen molar-refractivity contribution in [3.63, 3.8) is 0 Å². The molecule has 4 nitrogen and oxygen atoms in total. The lowest BCUT2D eigenvalue weighted by Crippen LogP contribution is -2.08. The molecule has 0 aromatic heterocycles. The number of thioether (sulfide) groups is 1. The minimum atomic E-state index is -0.478. The molecule has 0 fully saturated rings. The lowest BCUT2D eigenvalue weighted by atomic mass is 10.2. The maximum Gasteiger partial charge on any atom is 0.229 e. The van der Waals surface area contributed by atoms with E-state index in [9.17, 15) is 4.79 Å². The summed E-state index contributed by atoms with van der Waals surface area (Å²) in [4.78, 5) is 11.2. The summed E-state index contributed by atoms with van der Waals surface area (Å²) in [5.74, 6) is 4.88. The molecule has 0 radical (unpaired) electrons. The van der Waals surface area contributed by atoms with Gasteiger partial charge in [0.15, 0.2) is 0 Å². The molecule has 0 aliphatic heterocycles. The molecule has 0 atom stereocenters. The van der Waals surface area contributed by atoms with Gasteiger partial charge in [-0.3, -0.25) is 4.79 Å². The lowest BCUT2D eigenvalue weighted by Gasteiger charge is -1.99. The van der Waals surface area contributed by atoms with Crippen LogP contribution in [0.15, 0.2) is 23.1 Å². The summed E-state index contributed by atoms with van der Waals surface area (Å²) in [6.07, 6.45) is -0.00490. The van der Waals surface area contributed by atoms with Crippen molar-refractivity contribution in [3.05, 3.63) is 23.8 Å². The predicted octanol–water partition coefficient (Wildman–Crippen LogP) is 1.07. The molecule has 1 aromatic rings. The number of carbonyl (C=O) groups is 1. The van der Waals surface area contributed by atoms with Crippen molar-refractivity contribution < 1.29 is 4.79 Å². The lowest BCUT2D eigenvalue weighted by molar-refractivity contribution is -0.117. The normalized spacial score (nSPS) is 8.69. The predicted molar refractivity (Wildman–Crippen MR) is 63.0 cm³/mol. The fourth-order valence-corrected chi connectivity index (χ4v) is 1.40. The van der Waals surface area contributed by atoms with Gasteiger partial charge in [-0.1, -0.05) is 11.8 Å². The number of amides is 1. The van der Waals surface area contributed by atoms with Gasteiger partial charge in [-0.25, -0.2) is 0 Å². The molecule has 16 heavy (non-hydrogen) atoms. The maximum absolute atomic E-state index is 10.5. The first kappa shape index (κ1) is 12.0. The molecule has 80 valence electrons. The standard InChI is InChI=1S/C11H9N3OS/c12-7-16-9-4-5-10(13)8(6-9)2-1-3-11(14)15/h4-6H,3,13H2,(H2,14,15). The average molecular weight is 231 g/mol. The van der Waals surface area contributed by atoms with Crippen LogP contribution in [-0.2, 0) is 4.79 Å². The van der Waals surface area contributed by atoms with Gasteiger partial charge in [0.2, 0.25) is 5.91 Å². The van der Waals surface area contributed by atoms with Crippen LogP contribution in [0.1, 0.15) is 12.0 Å². The van der Waals surface area contributed by atoms with Crippen LogP contribution < -0.4 is 11.5 Å². The van der Waals surface area contributed by atoms with Gasteiger partial charge in [-0.2, -0.15) is 5.26 Å². The number of nitrogen functional groups attached to an aromatic ring is 1. The first-order valence-electron chi connectivity index (χ1n) is 4.36. The second-order valence-electron chi connectivity index (χ2n) is 2.89. The molecule has 0 bridgehead atoms. The van der Waals surface area contributed by atoms with E-state index in [1.807, 2.05) is 5.40 Å². The summed E-state index contributed by atoms with van der Waals surface area (Å²) in [6.45, 7) is 0. The third-order valence-corrected chi connectivity index (χ3v) is 2.25. The van der Waals surface area contributed by atoms with Crippen molar-refractivity contribution in [1.82, 2.24) is 0 Å². The van der Waals surface area contributed by atoms with Crippen molar-refractivity contribution in [2.45, 2.75) is 11.3 Å². The summed E-state index contributed by atoms with van der Waals surface area (Å²) >= 11 is 1.03. The van der Waals surface area contributed by atoms with Crippen LogP contribution >= 0.6 is 11.8 Å². The average Bonchev–Trinajstić information content (AvgIpc) is 2.22. The van der Waals surface area contributed by atoms with Crippen LogP contribution in [0, 0.1) is 22.5 Å². The maximum atomic E-state index is 10.5. The summed E-state index contributed by atoms with van der Waals surface area (Å²) in [6, 6.07) is 5.12. The molecule has 1 rings (SSSR count). The molecule has 0 saturated carbocycles. The molecule has 0 saturated heterocycles. The van der Waals surface area contributed by atoms with E-state index in [-0.39, 0.29) is 6.42 Å². The zero-order valence-electron chi connectivity index (χ0n) is 8.36. The SMILES string of the molecule is N#CSc1ccc(N)c(C#CCC(N)=O)c1. The van der Waals surface area contributed by atoms with Crippen molar-refractivity contribution in [2.24, 2.45) is 5.73 Å². The van der Waals surface area contributed by atoms with Crippen molar-refractivity contribution in [3.8, 4) is 17.2 Å². The van der Waals surface area contributed by atoms with E-state index in [0.29, 0.717) is 11.3 Å². The first-order chi connectivity index (χ1) is 7.63. The van der Waals surface area contributed by atoms with Gasteiger partial charge in [-0.15, -0.1) is 0 Å². The number of primary amides is 1. The quantitative estimate of drug-likeness (QED) is 0.344. The van der Waals surface area contributed by atoms with E-state index >= 15 is 0 Å². The fraction of sp³-hybridized carbons (Fsp3) is 0.0909. The summed E-state index contributed by atoms with van der Waals surface area (Å²) in [5.41, 5.74) is 11.8. The van der Waals surface area contributed by atoms with Gasteiger partial charge >= 0.3 is 0 Å². The van der Waals surface area contributed by atoms with Crippen LogP contribution in [-0.4, -0.2) is 5.91 Å². The van der Waals surface area contributed by atoms with Crippen LogP contribution in [0.4, 0.5) is 5.69 Å². The largest absolute Gasteiger partial charge is 0.398 e. The highest BCUT2D eigenvalue weighted by Gasteiger charge is 1.99. The van der Waals surface area contributed by atoms with Crippen molar-refractivity contribution >= 4 is 23.4 Å². The van der Waals surface area contributed by atoms with Crippen LogP contribution in [0.5, 0.6) is 0 Å². The van der Waals surface area contributed by atoms with Gasteiger partial charge in [-0.05, 0) is 30.0 Å². The van der Waals surface area contributed by atoms with E-state index < -0.39 is 5.91 Å². The molecule has 1 amide bonds. The number of rotatable bonds is 2. The number of nitrogens with zero attached hydrogens (tertiary/aromatic N) is 1. The van der Waals surface area contributed by atoms with Gasteiger partial charge in [0.1, 0.15) is 5.40 Å². The number of hydrogen-bond donors (Lipinski definition) is 2. The highest BCUT2D eigenvalue weighted by Crippen LogP contribution is 2.21. The molecular weight excluding hydrogens is 222 g/mol. The van der Waals surface area contributed by atoms with Gasteiger partial charge in [0.05, 0.1) is 6.42 Å². The third kappa shape index (κ3) is 3.56. The van der Waals surface area contributed by atoms with Gasteiger partial charge < -0.3 is 11.5 Å². The molecule has 1 aromatic carbocycles. The zero-order valence-corrected chi connectivity index (χ0v) is 9.17. The van der Waals surface area contributed by atoms with E-state index in [1.165, 1.54) is 0 Å². The number of nitriles is 1. The number of thiocyanates is 1. The fourth-order valence-electron chi connectivity index (χ4n) is 0.986. The van der Waals surface area contributed by atoms with Gasteiger partial charge in [0.25, 0.3) is 0 Å². The monoisotopic (exact) mass is 231 g/mol. The Bertz CT molecular complexity index is 508. The van der Waals surface area contributed by atoms with E-state index in [1.54, 1.807) is 18.2 Å². The number of nitrogens with two attached hydrogens (primary N) is 2. The first-order valence-corrected chi connectivity index (χ1v) is 5.17. The Balaban J connectivity index is 2.93. The molecule has 0 aliphatic rings. The van der Waals surface area contributed by atoms with Crippen LogP contribution in [0.2, 0.25) is 0 Å². The van der Waals surface area contributed by atoms with E-state index in [2.05, 4.69) is 11.8 Å². The summed E-state index contributed by atoms with van der Waals surface area (Å²) < 4.78 is 0. The second-order valence-corrected chi connectivity index (χ2v) is 3.75. The summed E-state index contributed by atoms with van der Waals surface area (Å²) in [5, 5.41) is 10.5. The highest BCUT2D eigenvalue weighted by molar-refractivity contribution is 8.03. The smallest absolute Gasteiger partial charge is 0.229 e. The van der Waals surface area contributed by atoms with Crippen LogP contribution in [0.3, 0.4) is 0 Å². The molecule has 0 aliphatic carbocycles. The highest BCUT2D eigenvalue weighted by atomic mass is 32.2. The van der Waals surface area contributed by atoms with Crippen molar-refractivity contribution in [2.75, 3.05) is 5.73 Å². The summed E-state index contributed by atoms with van der Waals surface area (Å²) in [7, 11) is 0. The third-order valence-electron chi connectivity index (χ3n) is 1.67. The molecule has 4 N–H and O–H groups in total. The Morgan fingerprint density at radius 2 is 2.25 bits per heavy atom. The van der Waals surface area contributed by atoms with E-state index in [0.717, 1.165) is 16.7 Å². The minimum absolute atomic E-state index is 0.00490. The molecule has 5 heteroatoms.